The highest BCUT2D eigenvalue weighted by Gasteiger charge is 2.55. The third-order valence-corrected chi connectivity index (χ3v) is 8.45. The van der Waals surface area contributed by atoms with Gasteiger partial charge in [-0.25, -0.2) is 4.98 Å². The Kier molecular flexibility index (Phi) is 4.34. The third kappa shape index (κ3) is 3.17. The van der Waals surface area contributed by atoms with Gasteiger partial charge in [-0.3, -0.25) is 9.47 Å². The van der Waals surface area contributed by atoms with Crippen molar-refractivity contribution in [1.29, 1.82) is 10.5 Å². The van der Waals surface area contributed by atoms with Crippen LogP contribution in [-0.2, 0) is 13.1 Å². The van der Waals surface area contributed by atoms with Gasteiger partial charge in [0.25, 0.3) is 0 Å². The molecule has 7 rings (SSSR count). The van der Waals surface area contributed by atoms with Crippen molar-refractivity contribution >= 4 is 17.4 Å². The second-order valence-electron chi connectivity index (χ2n) is 10.5. The highest BCUT2D eigenvalue weighted by Crippen LogP contribution is 2.57. The molecule has 2 aliphatic heterocycles. The summed E-state index contributed by atoms with van der Waals surface area (Å²) in [7, 11) is 0. The van der Waals surface area contributed by atoms with E-state index in [4.69, 9.17) is 16.9 Å². The van der Waals surface area contributed by atoms with Crippen molar-refractivity contribution in [3.8, 4) is 17.8 Å². The van der Waals surface area contributed by atoms with Gasteiger partial charge < -0.3 is 4.90 Å². The molecule has 0 unspecified atom stereocenters. The van der Waals surface area contributed by atoms with E-state index in [-0.39, 0.29) is 5.41 Å². The van der Waals surface area contributed by atoms with E-state index in [1.807, 2.05) is 24.3 Å². The summed E-state index contributed by atoms with van der Waals surface area (Å²) in [6.07, 6.45) is 3.92. The fourth-order valence-electron chi connectivity index (χ4n) is 6.22. The molecule has 2 aliphatic carbocycles. The Bertz CT molecular complexity index is 1430. The smallest absolute Gasteiger partial charge is 0.151 e. The van der Waals surface area contributed by atoms with Crippen molar-refractivity contribution in [3.63, 3.8) is 0 Å². The van der Waals surface area contributed by atoms with Crippen LogP contribution in [-0.4, -0.2) is 43.3 Å². The minimum atomic E-state index is -0.395. The molecule has 2 aromatic heterocycles. The van der Waals surface area contributed by atoms with Gasteiger partial charge in [-0.15, -0.1) is 10.2 Å². The highest BCUT2D eigenvalue weighted by molar-refractivity contribution is 6.30. The molecule has 0 N–H and O–H groups in total. The molecule has 4 heterocycles. The Balaban J connectivity index is 1.15. The summed E-state index contributed by atoms with van der Waals surface area (Å²) in [5.74, 6) is 3.14. The molecular weight excluding hydrogens is 460 g/mol. The van der Waals surface area contributed by atoms with Crippen molar-refractivity contribution in [2.24, 2.45) is 5.41 Å². The number of nitrogens with zero attached hydrogens (tertiary/aromatic N) is 8. The summed E-state index contributed by atoms with van der Waals surface area (Å²) in [5.41, 5.74) is 2.53. The van der Waals surface area contributed by atoms with Gasteiger partial charge in [0, 0.05) is 36.0 Å². The van der Waals surface area contributed by atoms with Gasteiger partial charge in [0.1, 0.15) is 28.9 Å². The van der Waals surface area contributed by atoms with Gasteiger partial charge in [-0.2, -0.15) is 10.5 Å². The van der Waals surface area contributed by atoms with Gasteiger partial charge in [0.2, 0.25) is 0 Å². The molecule has 3 aromatic rings. The predicted molar refractivity (Wildman–Crippen MR) is 129 cm³/mol. The van der Waals surface area contributed by atoms with E-state index in [9.17, 15) is 5.26 Å². The Morgan fingerprint density at radius 3 is 2.60 bits per heavy atom. The molecule has 4 aliphatic rings. The first-order chi connectivity index (χ1) is 17.0. The lowest BCUT2D eigenvalue weighted by atomic mass is 9.57. The fraction of sp³-hybridized carbons (Fsp3) is 0.423. The minimum absolute atomic E-state index is 0.278. The second-order valence-corrected chi connectivity index (χ2v) is 11.0. The number of halogens is 1. The monoisotopic (exact) mass is 482 g/mol. The summed E-state index contributed by atoms with van der Waals surface area (Å²) in [6, 6.07) is 16.3. The van der Waals surface area contributed by atoms with Crippen molar-refractivity contribution in [2.45, 2.75) is 50.2 Å². The lowest BCUT2D eigenvalue weighted by Crippen LogP contribution is -2.62. The Morgan fingerprint density at radius 1 is 1.03 bits per heavy atom. The van der Waals surface area contributed by atoms with Gasteiger partial charge in [0.15, 0.2) is 5.82 Å². The third-order valence-electron chi connectivity index (χ3n) is 8.22. The van der Waals surface area contributed by atoms with Gasteiger partial charge in [-0.05, 0) is 61.6 Å². The van der Waals surface area contributed by atoms with Crippen LogP contribution in [0.3, 0.4) is 0 Å². The number of benzene rings is 1. The molecular formula is C26H23ClN8. The van der Waals surface area contributed by atoms with E-state index in [2.05, 4.69) is 47.8 Å². The molecule has 1 aromatic carbocycles. The number of hydrogen-bond donors (Lipinski definition) is 0. The van der Waals surface area contributed by atoms with Crippen LogP contribution in [0.4, 0.5) is 5.82 Å². The van der Waals surface area contributed by atoms with E-state index < -0.39 is 5.54 Å². The first-order valence-corrected chi connectivity index (χ1v) is 12.4. The van der Waals surface area contributed by atoms with Crippen LogP contribution < -0.4 is 4.90 Å². The zero-order valence-electron chi connectivity index (χ0n) is 19.2. The van der Waals surface area contributed by atoms with Crippen LogP contribution in [0.5, 0.6) is 0 Å². The second kappa shape index (κ2) is 7.27. The van der Waals surface area contributed by atoms with Crippen molar-refractivity contribution in [2.75, 3.05) is 18.0 Å². The number of pyridine rings is 1. The van der Waals surface area contributed by atoms with Gasteiger partial charge in [0.05, 0.1) is 18.3 Å². The molecule has 0 amide bonds. The summed E-state index contributed by atoms with van der Waals surface area (Å²) in [4.78, 5) is 8.95. The zero-order valence-corrected chi connectivity index (χ0v) is 19.9. The Labute approximate surface area is 208 Å². The summed E-state index contributed by atoms with van der Waals surface area (Å²) < 4.78 is 2.23. The molecule has 0 atom stereocenters. The van der Waals surface area contributed by atoms with Crippen LogP contribution in [0.1, 0.15) is 54.5 Å². The first-order valence-electron chi connectivity index (χ1n) is 12.0. The first kappa shape index (κ1) is 20.9. The standard InChI is InChI=1S/C26H23ClN8/c27-19-4-5-21-17(8-19)12-34(26(14-29)6-7-26)13-23-31-32-24(35(21)23)18-9-25(10-18)15-33(16-25)22-3-1-2-20(11-28)30-22/h1-5,8,18H,6-7,9-10,12-13,15-16H2. The number of hydrogen-bond acceptors (Lipinski definition) is 7. The maximum absolute atomic E-state index is 9.83. The number of rotatable bonds is 3. The molecule has 0 bridgehead atoms. The van der Waals surface area contributed by atoms with Gasteiger partial charge in [-0.1, -0.05) is 17.7 Å². The molecule has 0 radical (unpaired) electrons. The lowest BCUT2D eigenvalue weighted by Gasteiger charge is -2.59. The van der Waals surface area contributed by atoms with E-state index in [1.165, 1.54) is 0 Å². The number of nitriles is 2. The topological polar surface area (TPSA) is 97.7 Å². The van der Waals surface area contributed by atoms with E-state index in [0.29, 0.717) is 29.7 Å². The Hall–Kier alpha value is -3.46. The molecule has 35 heavy (non-hydrogen) atoms. The normalized spacial score (nSPS) is 21.6. The average Bonchev–Trinajstić information content (AvgIpc) is 3.55. The lowest BCUT2D eigenvalue weighted by molar-refractivity contribution is 0.0581. The number of aromatic nitrogens is 4. The maximum atomic E-state index is 9.83. The zero-order chi connectivity index (χ0) is 23.8. The number of anilines is 1. The number of fused-ring (bicyclic) bond motifs is 3. The van der Waals surface area contributed by atoms with E-state index >= 15 is 0 Å². The minimum Gasteiger partial charge on any atom is -0.355 e. The molecule has 1 saturated heterocycles. The summed E-state index contributed by atoms with van der Waals surface area (Å²) >= 11 is 6.38. The fourth-order valence-corrected chi connectivity index (χ4v) is 6.42. The quantitative estimate of drug-likeness (QED) is 0.557. The van der Waals surface area contributed by atoms with Crippen LogP contribution in [0.2, 0.25) is 5.02 Å². The predicted octanol–water partition coefficient (Wildman–Crippen LogP) is 3.94. The molecule has 174 valence electrons. The van der Waals surface area contributed by atoms with Crippen LogP contribution in [0.15, 0.2) is 36.4 Å². The van der Waals surface area contributed by atoms with Gasteiger partial charge >= 0.3 is 0 Å². The molecule has 3 fully saturated rings. The van der Waals surface area contributed by atoms with Crippen LogP contribution >= 0.6 is 11.6 Å². The van der Waals surface area contributed by atoms with Crippen LogP contribution in [0, 0.1) is 28.1 Å². The Morgan fingerprint density at radius 2 is 1.86 bits per heavy atom. The molecule has 8 nitrogen and oxygen atoms in total. The molecule has 2 saturated carbocycles. The van der Waals surface area contributed by atoms with Crippen molar-refractivity contribution in [3.05, 3.63) is 64.3 Å². The molecule has 1 spiro atoms. The van der Waals surface area contributed by atoms with Crippen molar-refractivity contribution < 1.29 is 0 Å². The molecule has 9 heteroatoms. The summed E-state index contributed by atoms with van der Waals surface area (Å²) in [6.45, 7) is 3.21. The van der Waals surface area contributed by atoms with Crippen LogP contribution in [0.25, 0.3) is 5.69 Å². The largest absolute Gasteiger partial charge is 0.355 e. The summed E-state index contributed by atoms with van der Waals surface area (Å²) in [5, 5.41) is 29.0. The maximum Gasteiger partial charge on any atom is 0.151 e. The van der Waals surface area contributed by atoms with E-state index in [1.54, 1.807) is 6.07 Å². The van der Waals surface area contributed by atoms with Crippen molar-refractivity contribution in [1.82, 2.24) is 24.6 Å². The average molecular weight is 483 g/mol. The van der Waals surface area contributed by atoms with E-state index in [0.717, 1.165) is 67.5 Å². The highest BCUT2D eigenvalue weighted by atomic mass is 35.5. The SMILES string of the molecule is N#Cc1cccc(N2CC3(CC(c4nnc5n4-c4ccc(Cl)cc4CN(C4(C#N)CC4)C5)C3)C2)n1.